The third-order valence-electron chi connectivity index (χ3n) is 5.13. The number of likely N-dealkylation sites (tertiary alicyclic amines) is 1. The van der Waals surface area contributed by atoms with Crippen LogP contribution in [0.15, 0.2) is 47.4 Å². The number of sulfonamides is 1. The van der Waals surface area contributed by atoms with E-state index in [0.29, 0.717) is 31.3 Å². The number of benzene rings is 2. The summed E-state index contributed by atoms with van der Waals surface area (Å²) in [5.74, 6) is 1.58. The summed E-state index contributed by atoms with van der Waals surface area (Å²) in [6.45, 7) is 3.09. The first-order chi connectivity index (χ1) is 13.5. The molecule has 2 aromatic rings. The van der Waals surface area contributed by atoms with Crippen LogP contribution >= 0.6 is 11.6 Å². The van der Waals surface area contributed by atoms with Gasteiger partial charge in [-0.05, 0) is 61.3 Å². The minimum Gasteiger partial charge on any atom is -0.486 e. The first-order valence-corrected chi connectivity index (χ1v) is 11.3. The maximum atomic E-state index is 12.4. The van der Waals surface area contributed by atoms with Gasteiger partial charge in [-0.2, -0.15) is 0 Å². The molecule has 1 atom stereocenters. The fraction of sp³-hybridized carbons (Fsp3) is 0.400. The lowest BCUT2D eigenvalue weighted by Crippen LogP contribution is -2.34. The van der Waals surface area contributed by atoms with Crippen molar-refractivity contribution in [3.05, 3.63) is 53.1 Å². The van der Waals surface area contributed by atoms with Crippen LogP contribution < -0.4 is 14.2 Å². The number of fused-ring (bicyclic) bond motifs is 1. The summed E-state index contributed by atoms with van der Waals surface area (Å²) in [5, 5.41) is 0.512. The zero-order chi connectivity index (χ0) is 19.6. The van der Waals surface area contributed by atoms with E-state index in [0.717, 1.165) is 30.9 Å². The molecule has 150 valence electrons. The molecule has 2 heterocycles. The molecule has 0 aromatic heterocycles. The predicted molar refractivity (Wildman–Crippen MR) is 108 cm³/mol. The zero-order valence-corrected chi connectivity index (χ0v) is 17.0. The van der Waals surface area contributed by atoms with Gasteiger partial charge in [0.1, 0.15) is 13.2 Å². The Hall–Kier alpha value is -1.80. The van der Waals surface area contributed by atoms with Crippen molar-refractivity contribution in [2.45, 2.75) is 23.8 Å². The normalized spacial score (nSPS) is 19.7. The second-order valence-electron chi connectivity index (χ2n) is 6.95. The highest BCUT2D eigenvalue weighted by Crippen LogP contribution is 2.37. The Morgan fingerprint density at radius 1 is 1.07 bits per heavy atom. The number of ether oxygens (including phenoxy) is 2. The van der Waals surface area contributed by atoms with Gasteiger partial charge in [0.05, 0.1) is 4.90 Å². The highest BCUT2D eigenvalue weighted by molar-refractivity contribution is 7.89. The second-order valence-corrected chi connectivity index (χ2v) is 9.15. The number of nitrogens with zero attached hydrogens (tertiary/aromatic N) is 1. The van der Waals surface area contributed by atoms with Crippen LogP contribution in [-0.4, -0.2) is 46.2 Å². The average Bonchev–Trinajstić information content (AvgIpc) is 3.16. The van der Waals surface area contributed by atoms with E-state index in [1.807, 2.05) is 6.07 Å². The fourth-order valence-corrected chi connectivity index (χ4v) is 4.91. The van der Waals surface area contributed by atoms with Gasteiger partial charge in [0.15, 0.2) is 11.5 Å². The molecule has 2 aliphatic heterocycles. The molecule has 28 heavy (non-hydrogen) atoms. The third-order valence-corrected chi connectivity index (χ3v) is 6.86. The Kier molecular flexibility index (Phi) is 5.78. The largest absolute Gasteiger partial charge is 0.486 e. The third kappa shape index (κ3) is 4.27. The highest BCUT2D eigenvalue weighted by atomic mass is 35.5. The molecule has 2 aromatic carbocycles. The van der Waals surface area contributed by atoms with Gasteiger partial charge in [0.25, 0.3) is 0 Å². The molecular weight excluding hydrogens is 400 g/mol. The summed E-state index contributed by atoms with van der Waals surface area (Å²) in [5.41, 5.74) is 1.18. The Morgan fingerprint density at radius 2 is 1.82 bits per heavy atom. The van der Waals surface area contributed by atoms with Crippen LogP contribution in [0, 0.1) is 0 Å². The van der Waals surface area contributed by atoms with Gasteiger partial charge < -0.3 is 9.47 Å². The summed E-state index contributed by atoms with van der Waals surface area (Å²) < 4.78 is 38.8. The van der Waals surface area contributed by atoms with Crippen molar-refractivity contribution in [2.24, 2.45) is 0 Å². The standard InChI is InChI=1S/C20H23ClN2O4S/c21-16-4-6-17(7-5-16)28(24,25)22-9-11-23-10-1-2-18(23)15-3-8-19-20(14-15)27-13-12-26-19/h3-8,14,18,22H,1-2,9-13H2. The fourth-order valence-electron chi connectivity index (χ4n) is 3.76. The molecule has 1 N–H and O–H groups in total. The highest BCUT2D eigenvalue weighted by Gasteiger charge is 2.27. The minimum atomic E-state index is -3.53. The number of hydrogen-bond donors (Lipinski definition) is 1. The van der Waals surface area contributed by atoms with Crippen LogP contribution in [0.5, 0.6) is 11.5 Å². The number of rotatable bonds is 6. The topological polar surface area (TPSA) is 67.9 Å². The van der Waals surface area contributed by atoms with E-state index >= 15 is 0 Å². The van der Waals surface area contributed by atoms with Crippen LogP contribution in [0.4, 0.5) is 0 Å². The van der Waals surface area contributed by atoms with Crippen molar-refractivity contribution in [3.8, 4) is 11.5 Å². The Morgan fingerprint density at radius 3 is 2.61 bits per heavy atom. The SMILES string of the molecule is O=S(=O)(NCCN1CCCC1c1ccc2c(c1)OCCO2)c1ccc(Cl)cc1. The van der Waals surface area contributed by atoms with E-state index in [-0.39, 0.29) is 10.9 Å². The Balaban J connectivity index is 1.38. The first-order valence-electron chi connectivity index (χ1n) is 9.42. The number of nitrogens with one attached hydrogen (secondary N) is 1. The molecule has 6 nitrogen and oxygen atoms in total. The van der Waals surface area contributed by atoms with Gasteiger partial charge in [0.2, 0.25) is 10.0 Å². The summed E-state index contributed by atoms with van der Waals surface area (Å²) in [6.07, 6.45) is 2.13. The molecule has 1 saturated heterocycles. The summed E-state index contributed by atoms with van der Waals surface area (Å²) in [7, 11) is -3.53. The lowest BCUT2D eigenvalue weighted by atomic mass is 10.0. The van der Waals surface area contributed by atoms with Crippen molar-refractivity contribution in [3.63, 3.8) is 0 Å². The molecule has 0 spiro atoms. The molecular formula is C20H23ClN2O4S. The van der Waals surface area contributed by atoms with Gasteiger partial charge in [-0.25, -0.2) is 13.1 Å². The molecule has 8 heteroatoms. The maximum Gasteiger partial charge on any atom is 0.240 e. The van der Waals surface area contributed by atoms with Crippen LogP contribution in [0.25, 0.3) is 0 Å². The average molecular weight is 423 g/mol. The lowest BCUT2D eigenvalue weighted by molar-refractivity contribution is 0.170. The molecule has 0 radical (unpaired) electrons. The lowest BCUT2D eigenvalue weighted by Gasteiger charge is -2.26. The van der Waals surface area contributed by atoms with Gasteiger partial charge in [-0.15, -0.1) is 0 Å². The van der Waals surface area contributed by atoms with E-state index in [1.54, 1.807) is 12.1 Å². The first kappa shape index (κ1) is 19.5. The predicted octanol–water partition coefficient (Wildman–Crippen LogP) is 3.23. The van der Waals surface area contributed by atoms with Crippen molar-refractivity contribution in [1.82, 2.24) is 9.62 Å². The van der Waals surface area contributed by atoms with Gasteiger partial charge >= 0.3 is 0 Å². The number of hydrogen-bond acceptors (Lipinski definition) is 5. The summed E-state index contributed by atoms with van der Waals surface area (Å²) in [4.78, 5) is 2.54. The zero-order valence-electron chi connectivity index (χ0n) is 15.4. The Bertz CT molecular complexity index is 934. The van der Waals surface area contributed by atoms with E-state index in [4.69, 9.17) is 21.1 Å². The molecule has 1 fully saturated rings. The summed E-state index contributed by atoms with van der Waals surface area (Å²) >= 11 is 5.83. The van der Waals surface area contributed by atoms with E-state index in [2.05, 4.69) is 21.8 Å². The molecule has 4 rings (SSSR count). The smallest absolute Gasteiger partial charge is 0.240 e. The molecule has 0 bridgehead atoms. The van der Waals surface area contributed by atoms with Crippen molar-refractivity contribution < 1.29 is 17.9 Å². The minimum absolute atomic E-state index is 0.224. The van der Waals surface area contributed by atoms with Crippen LogP contribution in [-0.2, 0) is 10.0 Å². The van der Waals surface area contributed by atoms with Crippen LogP contribution in [0.3, 0.4) is 0 Å². The van der Waals surface area contributed by atoms with E-state index in [9.17, 15) is 8.42 Å². The van der Waals surface area contributed by atoms with E-state index in [1.165, 1.54) is 17.7 Å². The molecule has 1 unspecified atom stereocenters. The second kappa shape index (κ2) is 8.29. The molecule has 0 amide bonds. The van der Waals surface area contributed by atoms with Gasteiger partial charge in [-0.3, -0.25) is 4.90 Å². The molecule has 0 aliphatic carbocycles. The van der Waals surface area contributed by atoms with E-state index < -0.39 is 10.0 Å². The maximum absolute atomic E-state index is 12.4. The van der Waals surface area contributed by atoms with Crippen LogP contribution in [0.2, 0.25) is 5.02 Å². The van der Waals surface area contributed by atoms with Crippen LogP contribution in [0.1, 0.15) is 24.4 Å². The number of halogens is 1. The monoisotopic (exact) mass is 422 g/mol. The van der Waals surface area contributed by atoms with Gasteiger partial charge in [0, 0.05) is 24.2 Å². The van der Waals surface area contributed by atoms with Crippen molar-refractivity contribution in [2.75, 3.05) is 32.8 Å². The van der Waals surface area contributed by atoms with Crippen molar-refractivity contribution in [1.29, 1.82) is 0 Å². The van der Waals surface area contributed by atoms with Gasteiger partial charge in [-0.1, -0.05) is 17.7 Å². The van der Waals surface area contributed by atoms with Crippen molar-refractivity contribution >= 4 is 21.6 Å². The summed E-state index contributed by atoms with van der Waals surface area (Å²) in [6, 6.07) is 12.5. The Labute approximate surface area is 170 Å². The quantitative estimate of drug-likeness (QED) is 0.774. The molecule has 2 aliphatic rings. The molecule has 0 saturated carbocycles.